The Kier molecular flexibility index (Phi) is 5.48. The minimum atomic E-state index is -0.185. The smallest absolute Gasteiger partial charge is 0.238 e. The third-order valence-electron chi connectivity index (χ3n) is 3.09. The number of carbonyl (C=O) groups excluding carboxylic acids is 1. The SMILES string of the molecule is O=C(CCl)N(Cc1ccccc1)Cc1ccc(Cl)cc1O. The fourth-order valence-corrected chi connectivity index (χ4v) is 2.33. The number of phenolic OH excluding ortho intramolecular Hbond substituents is 1. The van der Waals surface area contributed by atoms with E-state index in [0.29, 0.717) is 17.1 Å². The van der Waals surface area contributed by atoms with Crippen LogP contribution in [0.3, 0.4) is 0 Å². The first-order valence-electron chi connectivity index (χ1n) is 6.45. The summed E-state index contributed by atoms with van der Waals surface area (Å²) in [6.45, 7) is 0.720. The predicted molar refractivity (Wildman–Crippen MR) is 84.5 cm³/mol. The van der Waals surface area contributed by atoms with Crippen LogP contribution >= 0.6 is 23.2 Å². The van der Waals surface area contributed by atoms with Gasteiger partial charge in [-0.1, -0.05) is 48.0 Å². The van der Waals surface area contributed by atoms with Crippen molar-refractivity contribution in [2.45, 2.75) is 13.1 Å². The molecular weight excluding hydrogens is 309 g/mol. The molecule has 0 aliphatic carbocycles. The molecule has 0 aliphatic heterocycles. The Labute approximate surface area is 133 Å². The molecule has 0 unspecified atom stereocenters. The van der Waals surface area contributed by atoms with Gasteiger partial charge in [0.1, 0.15) is 11.6 Å². The molecule has 2 aromatic rings. The van der Waals surface area contributed by atoms with Crippen molar-refractivity contribution < 1.29 is 9.90 Å². The quantitative estimate of drug-likeness (QED) is 0.850. The molecule has 0 aromatic heterocycles. The average molecular weight is 324 g/mol. The highest BCUT2D eigenvalue weighted by molar-refractivity contribution is 6.30. The zero-order chi connectivity index (χ0) is 15.2. The van der Waals surface area contributed by atoms with Gasteiger partial charge in [0.15, 0.2) is 0 Å². The zero-order valence-corrected chi connectivity index (χ0v) is 12.8. The fourth-order valence-electron chi connectivity index (χ4n) is 2.00. The Balaban J connectivity index is 2.18. The van der Waals surface area contributed by atoms with Crippen LogP contribution in [0.4, 0.5) is 0 Å². The van der Waals surface area contributed by atoms with Crippen LogP contribution in [0.5, 0.6) is 5.75 Å². The number of phenols is 1. The number of aromatic hydroxyl groups is 1. The molecule has 0 aliphatic rings. The molecule has 5 heteroatoms. The molecule has 0 radical (unpaired) electrons. The van der Waals surface area contributed by atoms with Crippen LogP contribution in [0.2, 0.25) is 5.02 Å². The summed E-state index contributed by atoms with van der Waals surface area (Å²) in [5, 5.41) is 10.4. The van der Waals surface area contributed by atoms with Gasteiger partial charge in [0, 0.05) is 23.7 Å². The number of nitrogens with zero attached hydrogens (tertiary/aromatic N) is 1. The molecule has 110 valence electrons. The highest BCUT2D eigenvalue weighted by Gasteiger charge is 2.15. The van der Waals surface area contributed by atoms with Gasteiger partial charge in [0.05, 0.1) is 0 Å². The summed E-state index contributed by atoms with van der Waals surface area (Å²) in [4.78, 5) is 13.6. The molecule has 2 rings (SSSR count). The molecule has 0 saturated carbocycles. The Morgan fingerprint density at radius 1 is 1.10 bits per heavy atom. The van der Waals surface area contributed by atoms with Crippen molar-refractivity contribution in [2.24, 2.45) is 0 Å². The molecule has 0 bridgehead atoms. The minimum absolute atomic E-state index is 0.0722. The van der Waals surface area contributed by atoms with Crippen molar-refractivity contribution in [1.29, 1.82) is 0 Å². The molecule has 3 nitrogen and oxygen atoms in total. The van der Waals surface area contributed by atoms with E-state index in [1.165, 1.54) is 6.07 Å². The first kappa shape index (κ1) is 15.7. The van der Waals surface area contributed by atoms with Crippen LogP contribution in [0, 0.1) is 0 Å². The van der Waals surface area contributed by atoms with Crippen LogP contribution in [-0.2, 0) is 17.9 Å². The normalized spacial score (nSPS) is 10.4. The lowest BCUT2D eigenvalue weighted by molar-refractivity contribution is -0.129. The molecular formula is C16H15Cl2NO2. The Morgan fingerprint density at radius 3 is 2.43 bits per heavy atom. The highest BCUT2D eigenvalue weighted by Crippen LogP contribution is 2.24. The van der Waals surface area contributed by atoms with Crippen LogP contribution in [0.25, 0.3) is 0 Å². The maximum Gasteiger partial charge on any atom is 0.238 e. The minimum Gasteiger partial charge on any atom is -0.508 e. The van der Waals surface area contributed by atoms with E-state index in [1.54, 1.807) is 17.0 Å². The molecule has 1 amide bonds. The Bertz CT molecular complexity index is 617. The summed E-state index contributed by atoms with van der Waals surface area (Å²) in [7, 11) is 0. The number of hydrogen-bond acceptors (Lipinski definition) is 2. The largest absolute Gasteiger partial charge is 0.508 e. The summed E-state index contributed by atoms with van der Waals surface area (Å²) < 4.78 is 0. The van der Waals surface area contributed by atoms with E-state index in [0.717, 1.165) is 5.56 Å². The average Bonchev–Trinajstić information content (AvgIpc) is 2.49. The number of carbonyl (C=O) groups is 1. The van der Waals surface area contributed by atoms with Gasteiger partial charge in [-0.05, 0) is 17.7 Å². The van der Waals surface area contributed by atoms with E-state index < -0.39 is 0 Å². The molecule has 21 heavy (non-hydrogen) atoms. The topological polar surface area (TPSA) is 40.5 Å². The highest BCUT2D eigenvalue weighted by atomic mass is 35.5. The summed E-state index contributed by atoms with van der Waals surface area (Å²) in [5.41, 5.74) is 1.64. The predicted octanol–water partition coefficient (Wildman–Crippen LogP) is 3.81. The number of hydrogen-bond donors (Lipinski definition) is 1. The first-order chi connectivity index (χ1) is 10.1. The molecule has 0 atom stereocenters. The van der Waals surface area contributed by atoms with Crippen molar-refractivity contribution in [3.63, 3.8) is 0 Å². The maximum atomic E-state index is 12.0. The second-order valence-electron chi connectivity index (χ2n) is 4.64. The van der Waals surface area contributed by atoms with E-state index in [4.69, 9.17) is 23.2 Å². The van der Waals surface area contributed by atoms with Gasteiger partial charge in [0.25, 0.3) is 0 Å². The third-order valence-corrected chi connectivity index (χ3v) is 3.56. The van der Waals surface area contributed by atoms with E-state index in [-0.39, 0.29) is 24.1 Å². The standard InChI is InChI=1S/C16H15Cl2NO2/c17-9-16(21)19(10-12-4-2-1-3-5-12)11-13-6-7-14(18)8-15(13)20/h1-8,20H,9-11H2. The number of amides is 1. The molecule has 0 fully saturated rings. The van der Waals surface area contributed by atoms with E-state index in [9.17, 15) is 9.90 Å². The lowest BCUT2D eigenvalue weighted by Gasteiger charge is -2.22. The molecule has 0 heterocycles. The second-order valence-corrected chi connectivity index (χ2v) is 5.35. The van der Waals surface area contributed by atoms with E-state index in [2.05, 4.69) is 0 Å². The lowest BCUT2D eigenvalue weighted by Crippen LogP contribution is -2.31. The van der Waals surface area contributed by atoms with Crippen molar-refractivity contribution in [1.82, 2.24) is 4.90 Å². The Morgan fingerprint density at radius 2 is 1.81 bits per heavy atom. The van der Waals surface area contributed by atoms with Gasteiger partial charge in [-0.3, -0.25) is 4.79 Å². The van der Waals surface area contributed by atoms with Crippen LogP contribution < -0.4 is 0 Å². The van der Waals surface area contributed by atoms with Crippen molar-refractivity contribution in [3.05, 3.63) is 64.7 Å². The number of halogens is 2. The summed E-state index contributed by atoms with van der Waals surface area (Å²) >= 11 is 11.5. The Hall–Kier alpha value is -1.71. The molecule has 0 spiro atoms. The van der Waals surface area contributed by atoms with Crippen LogP contribution in [-0.4, -0.2) is 21.8 Å². The van der Waals surface area contributed by atoms with Gasteiger partial charge >= 0.3 is 0 Å². The third kappa shape index (κ3) is 4.38. The lowest BCUT2D eigenvalue weighted by atomic mass is 10.1. The first-order valence-corrected chi connectivity index (χ1v) is 7.36. The number of rotatable bonds is 5. The molecule has 1 N–H and O–H groups in total. The number of benzene rings is 2. The summed E-state index contributed by atoms with van der Waals surface area (Å²) in [5.74, 6) is -0.209. The van der Waals surface area contributed by atoms with Crippen LogP contribution in [0.1, 0.15) is 11.1 Å². The van der Waals surface area contributed by atoms with E-state index >= 15 is 0 Å². The van der Waals surface area contributed by atoms with Gasteiger partial charge < -0.3 is 10.0 Å². The van der Waals surface area contributed by atoms with Gasteiger partial charge in [-0.2, -0.15) is 0 Å². The van der Waals surface area contributed by atoms with Gasteiger partial charge in [-0.25, -0.2) is 0 Å². The second kappa shape index (κ2) is 7.34. The van der Waals surface area contributed by atoms with Crippen molar-refractivity contribution in [3.8, 4) is 5.75 Å². The molecule has 0 saturated heterocycles. The van der Waals surface area contributed by atoms with E-state index in [1.807, 2.05) is 30.3 Å². The fraction of sp³-hybridized carbons (Fsp3) is 0.188. The summed E-state index contributed by atoms with van der Waals surface area (Å²) in [6, 6.07) is 14.5. The monoisotopic (exact) mass is 323 g/mol. The van der Waals surface area contributed by atoms with Crippen molar-refractivity contribution in [2.75, 3.05) is 5.88 Å². The maximum absolute atomic E-state index is 12.0. The molecule has 2 aromatic carbocycles. The van der Waals surface area contributed by atoms with Crippen LogP contribution in [0.15, 0.2) is 48.5 Å². The number of alkyl halides is 1. The zero-order valence-electron chi connectivity index (χ0n) is 11.3. The van der Waals surface area contributed by atoms with Crippen molar-refractivity contribution >= 4 is 29.1 Å². The van der Waals surface area contributed by atoms with Gasteiger partial charge in [-0.15, -0.1) is 11.6 Å². The summed E-state index contributed by atoms with van der Waals surface area (Å²) in [6.07, 6.45) is 0. The van der Waals surface area contributed by atoms with Gasteiger partial charge in [0.2, 0.25) is 5.91 Å².